The topological polar surface area (TPSA) is 83.6 Å². The number of thiazole rings is 1. The smallest absolute Gasteiger partial charge is 0.416 e. The molecule has 2 N–H and O–H groups in total. The number of rotatable bonds is 7. The molecule has 2 aromatic carbocycles. The van der Waals surface area contributed by atoms with Gasteiger partial charge in [0.2, 0.25) is 0 Å². The van der Waals surface area contributed by atoms with Gasteiger partial charge in [0.25, 0.3) is 5.91 Å². The van der Waals surface area contributed by atoms with Crippen LogP contribution in [-0.4, -0.2) is 53.1 Å². The highest BCUT2D eigenvalue weighted by atomic mass is 32.1. The van der Waals surface area contributed by atoms with Crippen LogP contribution in [0.15, 0.2) is 53.9 Å². The normalized spacial score (nSPS) is 14.9. The molecule has 0 aliphatic carbocycles. The molecule has 0 saturated carbocycles. The third-order valence-electron chi connectivity index (χ3n) is 6.75. The maximum absolute atomic E-state index is 13.2. The summed E-state index contributed by atoms with van der Waals surface area (Å²) < 4.78 is 44.5. The Morgan fingerprint density at radius 1 is 1.18 bits per heavy atom. The first-order chi connectivity index (χ1) is 19.1. The Hall–Kier alpha value is -3.51. The molecule has 1 aliphatic heterocycles. The fourth-order valence-electron chi connectivity index (χ4n) is 4.51. The Morgan fingerprint density at radius 3 is 2.58 bits per heavy atom. The molecule has 0 spiro atoms. The minimum atomic E-state index is -4.47. The van der Waals surface area contributed by atoms with Crippen molar-refractivity contribution < 1.29 is 27.5 Å². The summed E-state index contributed by atoms with van der Waals surface area (Å²) in [6.45, 7) is 3.24. The minimum Gasteiger partial charge on any atom is -0.467 e. The highest BCUT2D eigenvalue weighted by molar-refractivity contribution is 7.80. The van der Waals surface area contributed by atoms with Crippen LogP contribution in [0.4, 0.5) is 18.9 Å². The van der Waals surface area contributed by atoms with Gasteiger partial charge in [-0.2, -0.15) is 13.2 Å². The average molecular weight is 591 g/mol. The van der Waals surface area contributed by atoms with Crippen LogP contribution in [-0.2, 0) is 15.7 Å². The van der Waals surface area contributed by atoms with Gasteiger partial charge in [0.05, 0.1) is 17.7 Å². The first-order valence-electron chi connectivity index (χ1n) is 12.8. The Balaban J connectivity index is 1.39. The molecule has 1 aliphatic rings. The van der Waals surface area contributed by atoms with E-state index >= 15 is 0 Å². The molecule has 1 fully saturated rings. The van der Waals surface area contributed by atoms with Crippen LogP contribution in [0.1, 0.15) is 53.2 Å². The van der Waals surface area contributed by atoms with Crippen molar-refractivity contribution in [3.63, 3.8) is 0 Å². The number of para-hydroxylation sites is 1. The van der Waals surface area contributed by atoms with E-state index in [0.717, 1.165) is 30.0 Å². The third kappa shape index (κ3) is 6.97. The molecule has 2 heterocycles. The largest absolute Gasteiger partial charge is 0.467 e. The molecular weight excluding hydrogens is 561 g/mol. The van der Waals surface area contributed by atoms with E-state index in [-0.39, 0.29) is 17.6 Å². The van der Waals surface area contributed by atoms with Gasteiger partial charge in [-0.05, 0) is 55.2 Å². The number of anilines is 1. The first kappa shape index (κ1) is 29.5. The molecule has 1 atom stereocenters. The van der Waals surface area contributed by atoms with Crippen LogP contribution in [0.25, 0.3) is 11.1 Å². The van der Waals surface area contributed by atoms with Gasteiger partial charge in [0.1, 0.15) is 11.7 Å². The van der Waals surface area contributed by atoms with E-state index in [1.54, 1.807) is 35.7 Å². The number of carbonyl (C=O) groups is 2. The monoisotopic (exact) mass is 590 g/mol. The number of thiocarbonyl (C=S) groups is 1. The second-order valence-corrected chi connectivity index (χ2v) is 10.6. The number of nitrogens with one attached hydrogen (secondary N) is 2. The molecular formula is C28H29F3N4O3S2. The molecule has 4 rings (SSSR count). The zero-order chi connectivity index (χ0) is 28.9. The lowest BCUT2D eigenvalue weighted by Gasteiger charge is -2.34. The summed E-state index contributed by atoms with van der Waals surface area (Å²) in [5.41, 5.74) is 0.717. The zero-order valence-corrected chi connectivity index (χ0v) is 23.6. The molecule has 0 radical (unpaired) electrons. The molecule has 1 aromatic heterocycles. The first-order valence-corrected chi connectivity index (χ1v) is 14.1. The van der Waals surface area contributed by atoms with E-state index in [2.05, 4.69) is 15.6 Å². The fourth-order valence-corrected chi connectivity index (χ4v) is 5.81. The summed E-state index contributed by atoms with van der Waals surface area (Å²) >= 11 is 6.90. The number of aromatic nitrogens is 1. The number of esters is 1. The molecule has 1 saturated heterocycles. The van der Waals surface area contributed by atoms with Crippen LogP contribution < -0.4 is 10.6 Å². The molecule has 12 heteroatoms. The summed E-state index contributed by atoms with van der Waals surface area (Å²) in [7, 11) is 1.35. The summed E-state index contributed by atoms with van der Waals surface area (Å²) in [4.78, 5) is 31.5. The number of piperidine rings is 1. The highest BCUT2D eigenvalue weighted by Gasteiger charge is 2.31. The lowest BCUT2D eigenvalue weighted by atomic mass is 9.98. The maximum Gasteiger partial charge on any atom is 0.416 e. The van der Waals surface area contributed by atoms with E-state index in [9.17, 15) is 22.8 Å². The Kier molecular flexibility index (Phi) is 9.41. The van der Waals surface area contributed by atoms with E-state index < -0.39 is 23.7 Å². The van der Waals surface area contributed by atoms with Gasteiger partial charge in [0, 0.05) is 35.6 Å². The second kappa shape index (κ2) is 12.8. The van der Waals surface area contributed by atoms with Crippen LogP contribution in [0, 0.1) is 0 Å². The fraction of sp³-hybridized carbons (Fsp3) is 0.357. The summed E-state index contributed by atoms with van der Waals surface area (Å²) in [5, 5.41) is 8.93. The molecule has 40 heavy (non-hydrogen) atoms. The number of hydrogen-bond acceptors (Lipinski definition) is 6. The number of halogens is 3. The molecule has 1 unspecified atom stereocenters. The Morgan fingerprint density at radius 2 is 1.90 bits per heavy atom. The molecule has 3 aromatic rings. The van der Waals surface area contributed by atoms with Crippen molar-refractivity contribution in [3.05, 3.63) is 70.2 Å². The van der Waals surface area contributed by atoms with E-state index in [0.29, 0.717) is 41.4 Å². The highest BCUT2D eigenvalue weighted by Crippen LogP contribution is 2.35. The number of benzene rings is 2. The Labute approximate surface area is 239 Å². The van der Waals surface area contributed by atoms with Gasteiger partial charge in [-0.25, -0.2) is 9.78 Å². The van der Waals surface area contributed by atoms with Crippen molar-refractivity contribution in [3.8, 4) is 11.1 Å². The molecule has 212 valence electrons. The van der Waals surface area contributed by atoms with Crippen LogP contribution in [0.5, 0.6) is 0 Å². The SMILES string of the molecule is CCC(NC(=S)N1CCC(c2nc(C(=O)Nc3ccccc3-c3cccc(C(F)(F)F)c3)cs2)CC1)C(=O)OC. The van der Waals surface area contributed by atoms with Crippen molar-refractivity contribution in [2.24, 2.45) is 0 Å². The number of carbonyl (C=O) groups excluding carboxylic acids is 2. The van der Waals surface area contributed by atoms with Gasteiger partial charge in [-0.15, -0.1) is 11.3 Å². The number of ether oxygens (including phenoxy) is 1. The van der Waals surface area contributed by atoms with E-state index in [4.69, 9.17) is 17.0 Å². The van der Waals surface area contributed by atoms with Crippen molar-refractivity contribution in [2.45, 2.75) is 44.3 Å². The van der Waals surface area contributed by atoms with Crippen LogP contribution >= 0.6 is 23.6 Å². The van der Waals surface area contributed by atoms with E-state index in [1.165, 1.54) is 24.5 Å². The predicted octanol–water partition coefficient (Wildman–Crippen LogP) is 6.09. The van der Waals surface area contributed by atoms with E-state index in [1.807, 2.05) is 11.8 Å². The second-order valence-electron chi connectivity index (χ2n) is 9.34. The van der Waals surface area contributed by atoms with Gasteiger partial charge in [0.15, 0.2) is 5.11 Å². The summed E-state index contributed by atoms with van der Waals surface area (Å²) in [6.07, 6.45) is -2.35. The molecule has 1 amide bonds. The Bertz CT molecular complexity index is 1370. The lowest BCUT2D eigenvalue weighted by molar-refractivity contribution is -0.142. The van der Waals surface area contributed by atoms with Crippen molar-refractivity contribution in [1.82, 2.24) is 15.2 Å². The number of alkyl halides is 3. The number of methoxy groups -OCH3 is 1. The average Bonchev–Trinajstić information content (AvgIpc) is 3.46. The van der Waals surface area contributed by atoms with Crippen LogP contribution in [0.3, 0.4) is 0 Å². The third-order valence-corrected chi connectivity index (χ3v) is 8.14. The standard InChI is InChI=1S/C28H29F3N4O3S2/c1-3-21(26(37)38-2)34-27(39)35-13-11-17(12-14-35)25-33-23(16-40-25)24(36)32-22-10-5-4-9-20(22)18-7-6-8-19(15-18)28(29,30)31/h4-10,15-17,21H,3,11-14H2,1-2H3,(H,32,36)(H,34,39). The number of amides is 1. The summed E-state index contributed by atoms with van der Waals surface area (Å²) in [5.74, 6) is -0.630. The number of hydrogen-bond donors (Lipinski definition) is 2. The van der Waals surface area contributed by atoms with Gasteiger partial charge >= 0.3 is 12.1 Å². The molecule has 0 bridgehead atoms. The van der Waals surface area contributed by atoms with Crippen molar-refractivity contribution in [2.75, 3.05) is 25.5 Å². The number of nitrogens with zero attached hydrogens (tertiary/aromatic N) is 2. The quantitative estimate of drug-likeness (QED) is 0.255. The van der Waals surface area contributed by atoms with Crippen molar-refractivity contribution >= 4 is 46.2 Å². The zero-order valence-electron chi connectivity index (χ0n) is 22.0. The maximum atomic E-state index is 13.2. The minimum absolute atomic E-state index is 0.158. The molecule has 7 nitrogen and oxygen atoms in total. The van der Waals surface area contributed by atoms with Gasteiger partial charge in [-0.3, -0.25) is 4.79 Å². The van der Waals surface area contributed by atoms with Gasteiger partial charge in [-0.1, -0.05) is 37.3 Å². The van der Waals surface area contributed by atoms with Crippen LogP contribution in [0.2, 0.25) is 0 Å². The summed E-state index contributed by atoms with van der Waals surface area (Å²) in [6, 6.07) is 11.2. The van der Waals surface area contributed by atoms with Crippen molar-refractivity contribution in [1.29, 1.82) is 0 Å². The number of likely N-dealkylation sites (tertiary alicyclic amines) is 1. The lowest BCUT2D eigenvalue weighted by Crippen LogP contribution is -2.49. The van der Waals surface area contributed by atoms with Gasteiger partial charge < -0.3 is 20.3 Å². The predicted molar refractivity (Wildman–Crippen MR) is 152 cm³/mol.